The molecule has 0 bridgehead atoms. The molecule has 4 aromatic rings. The number of hydrogen-bond donors (Lipinski definition) is 0. The van der Waals surface area contributed by atoms with Crippen molar-refractivity contribution in [2.24, 2.45) is 0 Å². The van der Waals surface area contributed by atoms with Crippen LogP contribution in [0.2, 0.25) is 0 Å². The van der Waals surface area contributed by atoms with Crippen LogP contribution < -0.4 is 0 Å². The first-order valence-electron chi connectivity index (χ1n) is 11.6. The van der Waals surface area contributed by atoms with Crippen LogP contribution in [0.3, 0.4) is 0 Å². The largest absolute Gasteiger partial charge is 0.290 e. The van der Waals surface area contributed by atoms with Crippen LogP contribution in [0.5, 0.6) is 0 Å². The highest BCUT2D eigenvalue weighted by Gasteiger charge is 2.30. The fourth-order valence-corrected chi connectivity index (χ4v) is 5.02. The van der Waals surface area contributed by atoms with Crippen LogP contribution >= 0.6 is 12.4 Å². The zero-order chi connectivity index (χ0) is 21.6. The highest BCUT2D eigenvalue weighted by molar-refractivity contribution is 5.85. The molecule has 0 aromatic heterocycles. The lowest BCUT2D eigenvalue weighted by Crippen LogP contribution is -2.49. The Hall–Kier alpha value is -2.91. The van der Waals surface area contributed by atoms with E-state index in [1.807, 2.05) is 0 Å². The molecule has 1 heterocycles. The van der Waals surface area contributed by atoms with Gasteiger partial charge < -0.3 is 0 Å². The lowest BCUT2D eigenvalue weighted by atomic mass is 9.94. The van der Waals surface area contributed by atoms with Crippen molar-refractivity contribution in [1.82, 2.24) is 9.80 Å². The van der Waals surface area contributed by atoms with Gasteiger partial charge in [0.2, 0.25) is 0 Å². The lowest BCUT2D eigenvalue weighted by molar-refractivity contribution is 0.0898. The standard InChI is InChI=1S/C30H30N2.ClH/c1-5-13-25(14-6-1)29(26-15-7-2-8-16-26)31-21-23-32(24-22-31)30(27-17-9-3-10-18-27)28-19-11-4-12-20-28;/h1-20,29-30H,21-24H2;1H. The quantitative estimate of drug-likeness (QED) is 0.323. The Morgan fingerprint density at radius 1 is 0.364 bits per heavy atom. The van der Waals surface area contributed by atoms with Crippen molar-refractivity contribution in [2.45, 2.75) is 12.1 Å². The van der Waals surface area contributed by atoms with Crippen molar-refractivity contribution < 1.29 is 0 Å². The molecular formula is C30H31ClN2. The van der Waals surface area contributed by atoms with Crippen molar-refractivity contribution in [2.75, 3.05) is 26.2 Å². The second kappa shape index (κ2) is 11.3. The van der Waals surface area contributed by atoms with Gasteiger partial charge in [-0.05, 0) is 22.3 Å². The minimum Gasteiger partial charge on any atom is -0.290 e. The zero-order valence-corrected chi connectivity index (χ0v) is 19.6. The minimum absolute atomic E-state index is 0. The molecule has 1 aliphatic heterocycles. The fraction of sp³-hybridized carbons (Fsp3) is 0.200. The highest BCUT2D eigenvalue weighted by atomic mass is 35.5. The molecule has 5 rings (SSSR count). The van der Waals surface area contributed by atoms with Gasteiger partial charge in [-0.25, -0.2) is 0 Å². The minimum atomic E-state index is 0. The number of rotatable bonds is 6. The molecule has 33 heavy (non-hydrogen) atoms. The van der Waals surface area contributed by atoms with Gasteiger partial charge in [0, 0.05) is 26.2 Å². The first-order chi connectivity index (χ1) is 15.9. The molecule has 4 aromatic carbocycles. The summed E-state index contributed by atoms with van der Waals surface area (Å²) in [4.78, 5) is 5.29. The molecule has 2 nitrogen and oxygen atoms in total. The Balaban J connectivity index is 0.00000259. The summed E-state index contributed by atoms with van der Waals surface area (Å²) in [7, 11) is 0. The van der Waals surface area contributed by atoms with E-state index >= 15 is 0 Å². The van der Waals surface area contributed by atoms with E-state index in [0.717, 1.165) is 26.2 Å². The van der Waals surface area contributed by atoms with Crippen molar-refractivity contribution in [3.05, 3.63) is 144 Å². The van der Waals surface area contributed by atoms with Gasteiger partial charge >= 0.3 is 0 Å². The molecule has 1 fully saturated rings. The molecule has 1 aliphatic rings. The van der Waals surface area contributed by atoms with E-state index in [2.05, 4.69) is 131 Å². The Bertz CT molecular complexity index is 909. The van der Waals surface area contributed by atoms with Gasteiger partial charge in [-0.1, -0.05) is 121 Å². The molecule has 0 aliphatic carbocycles. The molecule has 0 spiro atoms. The Morgan fingerprint density at radius 3 is 0.788 bits per heavy atom. The average molecular weight is 455 g/mol. The molecule has 0 amide bonds. The Kier molecular flexibility index (Phi) is 7.96. The van der Waals surface area contributed by atoms with Crippen LogP contribution in [0, 0.1) is 0 Å². The summed E-state index contributed by atoms with van der Waals surface area (Å²) < 4.78 is 0. The van der Waals surface area contributed by atoms with Crippen LogP contribution in [-0.4, -0.2) is 36.0 Å². The lowest BCUT2D eigenvalue weighted by Gasteiger charge is -2.43. The van der Waals surface area contributed by atoms with E-state index in [0.29, 0.717) is 12.1 Å². The Morgan fingerprint density at radius 2 is 0.576 bits per heavy atom. The third kappa shape index (κ3) is 5.36. The predicted molar refractivity (Wildman–Crippen MR) is 140 cm³/mol. The third-order valence-corrected chi connectivity index (χ3v) is 6.54. The SMILES string of the molecule is Cl.c1ccc(C(c2ccccc2)N2CCN(C(c3ccccc3)c3ccccc3)CC2)cc1. The molecule has 0 saturated carbocycles. The maximum atomic E-state index is 2.65. The van der Waals surface area contributed by atoms with E-state index < -0.39 is 0 Å². The maximum absolute atomic E-state index is 2.65. The number of nitrogens with zero attached hydrogens (tertiary/aromatic N) is 2. The predicted octanol–water partition coefficient (Wildman–Crippen LogP) is 6.61. The summed E-state index contributed by atoms with van der Waals surface area (Å²) in [5, 5.41) is 0. The molecule has 3 heteroatoms. The summed E-state index contributed by atoms with van der Waals surface area (Å²) in [5.74, 6) is 0. The first kappa shape index (κ1) is 23.3. The van der Waals surface area contributed by atoms with Crippen molar-refractivity contribution >= 4 is 12.4 Å². The van der Waals surface area contributed by atoms with E-state index in [4.69, 9.17) is 0 Å². The van der Waals surface area contributed by atoms with Crippen molar-refractivity contribution in [1.29, 1.82) is 0 Å². The number of hydrogen-bond acceptors (Lipinski definition) is 2. The van der Waals surface area contributed by atoms with Gasteiger partial charge in [-0.3, -0.25) is 9.80 Å². The van der Waals surface area contributed by atoms with Crippen molar-refractivity contribution in [3.8, 4) is 0 Å². The summed E-state index contributed by atoms with van der Waals surface area (Å²) in [5.41, 5.74) is 5.48. The topological polar surface area (TPSA) is 6.48 Å². The van der Waals surface area contributed by atoms with Crippen LogP contribution in [0.4, 0.5) is 0 Å². The van der Waals surface area contributed by atoms with Crippen LogP contribution in [-0.2, 0) is 0 Å². The molecule has 0 atom stereocenters. The molecule has 0 radical (unpaired) electrons. The highest BCUT2D eigenvalue weighted by Crippen LogP contribution is 2.33. The monoisotopic (exact) mass is 454 g/mol. The average Bonchev–Trinajstić information content (AvgIpc) is 2.88. The van der Waals surface area contributed by atoms with Gasteiger partial charge in [0.25, 0.3) is 0 Å². The van der Waals surface area contributed by atoms with E-state index in [1.165, 1.54) is 22.3 Å². The fourth-order valence-electron chi connectivity index (χ4n) is 5.02. The number of benzene rings is 4. The zero-order valence-electron chi connectivity index (χ0n) is 18.8. The van der Waals surface area contributed by atoms with Crippen LogP contribution in [0.25, 0.3) is 0 Å². The van der Waals surface area contributed by atoms with Crippen molar-refractivity contribution in [3.63, 3.8) is 0 Å². The molecule has 0 unspecified atom stereocenters. The first-order valence-corrected chi connectivity index (χ1v) is 11.6. The normalized spacial score (nSPS) is 14.8. The van der Waals surface area contributed by atoms with E-state index in [9.17, 15) is 0 Å². The number of halogens is 1. The molecular weight excluding hydrogens is 424 g/mol. The van der Waals surface area contributed by atoms with Gasteiger partial charge in [0.05, 0.1) is 12.1 Å². The molecule has 0 N–H and O–H groups in total. The smallest absolute Gasteiger partial charge is 0.0602 e. The van der Waals surface area contributed by atoms with E-state index in [-0.39, 0.29) is 12.4 Å². The van der Waals surface area contributed by atoms with E-state index in [1.54, 1.807) is 0 Å². The van der Waals surface area contributed by atoms with Gasteiger partial charge in [0.15, 0.2) is 0 Å². The third-order valence-electron chi connectivity index (χ3n) is 6.54. The van der Waals surface area contributed by atoms with Gasteiger partial charge in [-0.15, -0.1) is 12.4 Å². The van der Waals surface area contributed by atoms with Gasteiger partial charge in [0.1, 0.15) is 0 Å². The van der Waals surface area contributed by atoms with Crippen LogP contribution in [0.1, 0.15) is 34.3 Å². The molecule has 1 saturated heterocycles. The summed E-state index contributed by atoms with van der Waals surface area (Å²) in [6.45, 7) is 4.19. The molecule has 168 valence electrons. The summed E-state index contributed by atoms with van der Waals surface area (Å²) in [6.07, 6.45) is 0. The maximum Gasteiger partial charge on any atom is 0.0602 e. The summed E-state index contributed by atoms with van der Waals surface area (Å²) >= 11 is 0. The van der Waals surface area contributed by atoms with Crippen LogP contribution in [0.15, 0.2) is 121 Å². The second-order valence-corrected chi connectivity index (χ2v) is 8.52. The number of piperazine rings is 1. The summed E-state index contributed by atoms with van der Waals surface area (Å²) in [6, 6.07) is 44.4. The second-order valence-electron chi connectivity index (χ2n) is 8.52. The van der Waals surface area contributed by atoms with Gasteiger partial charge in [-0.2, -0.15) is 0 Å². The Labute approximate surface area is 203 Å².